The summed E-state index contributed by atoms with van der Waals surface area (Å²) in [6.45, 7) is 3.43. The number of quaternary nitrogens is 1. The number of aliphatic hydroxyl groups is 1. The molecule has 7 nitrogen and oxygen atoms in total. The predicted octanol–water partition coefficient (Wildman–Crippen LogP) is 3.33. The van der Waals surface area contributed by atoms with Crippen molar-refractivity contribution in [2.75, 3.05) is 19.6 Å². The number of hydrogen-bond donors (Lipinski definition) is 2. The van der Waals surface area contributed by atoms with Crippen molar-refractivity contribution in [3.8, 4) is 5.75 Å². The minimum Gasteiger partial charge on any atom is -0.489 e. The quantitative estimate of drug-likeness (QED) is 0.495. The third kappa shape index (κ3) is 3.80. The second-order valence-corrected chi connectivity index (χ2v) is 9.82. The van der Waals surface area contributed by atoms with Crippen LogP contribution in [0.15, 0.2) is 88.4 Å². The molecule has 0 amide bonds. The van der Waals surface area contributed by atoms with Crippen molar-refractivity contribution in [3.63, 3.8) is 0 Å². The highest BCUT2D eigenvalue weighted by atomic mass is 16.5. The molecule has 0 spiro atoms. The Hall–Kier alpha value is -3.10. The summed E-state index contributed by atoms with van der Waals surface area (Å²) in [4.78, 5) is 11.7. The number of hydrogen-bond acceptors (Lipinski definition) is 6. The Bertz CT molecular complexity index is 1210. The van der Waals surface area contributed by atoms with E-state index in [1.165, 1.54) is 6.42 Å². The summed E-state index contributed by atoms with van der Waals surface area (Å²) in [7, 11) is 0. The second kappa shape index (κ2) is 8.29. The summed E-state index contributed by atoms with van der Waals surface area (Å²) in [6.07, 6.45) is 8.04. The van der Waals surface area contributed by atoms with Crippen molar-refractivity contribution in [1.82, 2.24) is 4.90 Å². The summed E-state index contributed by atoms with van der Waals surface area (Å²) in [6, 6.07) is 18.0. The molecule has 2 aromatic carbocycles. The highest BCUT2D eigenvalue weighted by Gasteiger charge is 2.52. The van der Waals surface area contributed by atoms with E-state index in [-0.39, 0.29) is 10.5 Å². The maximum Gasteiger partial charge on any atom is 0.265 e. The van der Waals surface area contributed by atoms with E-state index in [1.54, 1.807) is 6.20 Å². The maximum absolute atomic E-state index is 11.0. The lowest BCUT2D eigenvalue weighted by atomic mass is 9.68. The SMILES string of the molecule is N[N+]12C=CN=CC1=C(C1CC(O)(CN3CCC3)C1)N=C2c1cccc(OCc2ccccc2)c1. The Morgan fingerprint density at radius 1 is 1.12 bits per heavy atom. The molecule has 2 fully saturated rings. The van der Waals surface area contributed by atoms with E-state index in [1.807, 2.05) is 67.0 Å². The Labute approximate surface area is 199 Å². The largest absolute Gasteiger partial charge is 0.489 e. The minimum absolute atomic E-state index is 0.0119. The van der Waals surface area contributed by atoms with Crippen molar-refractivity contribution in [3.05, 3.63) is 89.5 Å². The molecular formula is C27H30N5O2+. The van der Waals surface area contributed by atoms with Gasteiger partial charge in [-0.3, -0.25) is 4.99 Å². The van der Waals surface area contributed by atoms with E-state index < -0.39 is 5.60 Å². The number of aliphatic imine (C=N–C) groups is 2. The van der Waals surface area contributed by atoms with E-state index in [2.05, 4.69) is 9.89 Å². The lowest BCUT2D eigenvalue weighted by Gasteiger charge is -2.47. The van der Waals surface area contributed by atoms with E-state index >= 15 is 0 Å². The summed E-state index contributed by atoms with van der Waals surface area (Å²) >= 11 is 0. The Balaban J connectivity index is 1.24. The van der Waals surface area contributed by atoms with Gasteiger partial charge in [0.1, 0.15) is 24.3 Å². The fourth-order valence-electron chi connectivity index (χ4n) is 5.31. The molecule has 0 aromatic heterocycles. The van der Waals surface area contributed by atoms with Crippen LogP contribution in [0.2, 0.25) is 0 Å². The topological polar surface area (TPSA) is 83.4 Å². The summed E-state index contributed by atoms with van der Waals surface area (Å²) in [5.74, 6) is 8.59. The van der Waals surface area contributed by atoms with E-state index in [0.29, 0.717) is 19.4 Å². The number of nitrogens with zero attached hydrogens (tertiary/aromatic N) is 4. The first-order valence-electron chi connectivity index (χ1n) is 12.0. The van der Waals surface area contributed by atoms with Gasteiger partial charge in [0.2, 0.25) is 5.70 Å². The van der Waals surface area contributed by atoms with Crippen molar-refractivity contribution < 1.29 is 14.4 Å². The molecule has 4 aliphatic rings. The number of ether oxygens (including phenoxy) is 1. The highest BCUT2D eigenvalue weighted by molar-refractivity contribution is 6.00. The first-order chi connectivity index (χ1) is 16.5. The van der Waals surface area contributed by atoms with Crippen molar-refractivity contribution in [1.29, 1.82) is 0 Å². The van der Waals surface area contributed by atoms with E-state index in [9.17, 15) is 5.11 Å². The normalized spacial score (nSPS) is 29.9. The standard InChI is InChI=1S/C27H30N5O2/c28-32-13-10-29-17-24(32)25(22-15-27(33,16-22)19-31-11-5-12-31)30-26(32)21-8-4-9-23(14-21)34-18-20-6-2-1-3-7-20/h1-4,6-10,13-14,17,22,33H,5,11-12,15-16,18-19,28H2/q+1. The van der Waals surface area contributed by atoms with Crippen LogP contribution in [0.1, 0.15) is 30.4 Å². The van der Waals surface area contributed by atoms with Crippen LogP contribution < -0.4 is 10.6 Å². The number of rotatable bonds is 7. The summed E-state index contributed by atoms with van der Waals surface area (Å²) in [5, 5.41) is 11.0. The Kier molecular flexibility index (Phi) is 5.22. The molecule has 3 N–H and O–H groups in total. The zero-order chi connectivity index (χ0) is 23.2. The fraction of sp³-hybridized carbons (Fsp3) is 0.333. The first kappa shape index (κ1) is 21.4. The van der Waals surface area contributed by atoms with Crippen LogP contribution >= 0.6 is 0 Å². The van der Waals surface area contributed by atoms with Gasteiger partial charge in [-0.05, 0) is 56.1 Å². The van der Waals surface area contributed by atoms with E-state index in [0.717, 1.165) is 53.7 Å². The highest BCUT2D eigenvalue weighted by Crippen LogP contribution is 2.47. The van der Waals surface area contributed by atoms with Crippen LogP contribution in [0.5, 0.6) is 5.75 Å². The van der Waals surface area contributed by atoms with Gasteiger partial charge in [-0.2, -0.15) is 10.8 Å². The van der Waals surface area contributed by atoms with Gasteiger partial charge >= 0.3 is 0 Å². The van der Waals surface area contributed by atoms with E-state index in [4.69, 9.17) is 15.6 Å². The van der Waals surface area contributed by atoms with Gasteiger partial charge in [0.05, 0.1) is 23.6 Å². The fourth-order valence-corrected chi connectivity index (χ4v) is 5.31. The van der Waals surface area contributed by atoms with Gasteiger partial charge in [-0.25, -0.2) is 0 Å². The van der Waals surface area contributed by atoms with Crippen LogP contribution in [0.3, 0.4) is 0 Å². The smallest absolute Gasteiger partial charge is 0.265 e. The molecule has 1 atom stereocenters. The monoisotopic (exact) mass is 456 g/mol. The number of likely N-dealkylation sites (tertiary alicyclic amines) is 1. The van der Waals surface area contributed by atoms with Gasteiger partial charge < -0.3 is 14.7 Å². The van der Waals surface area contributed by atoms with Gasteiger partial charge in [0.25, 0.3) is 5.84 Å². The van der Waals surface area contributed by atoms with Crippen LogP contribution in [0.25, 0.3) is 0 Å². The molecule has 7 heteroatoms. The number of fused-ring (bicyclic) bond motifs is 1. The van der Waals surface area contributed by atoms with Gasteiger partial charge in [-0.1, -0.05) is 36.4 Å². The molecule has 174 valence electrons. The number of nitrogens with two attached hydrogens (primary N) is 1. The second-order valence-electron chi connectivity index (χ2n) is 9.82. The molecule has 1 unspecified atom stereocenters. The third-order valence-corrected chi connectivity index (χ3v) is 7.27. The van der Waals surface area contributed by atoms with Gasteiger partial charge in [0, 0.05) is 12.5 Å². The molecule has 34 heavy (non-hydrogen) atoms. The van der Waals surface area contributed by atoms with Crippen molar-refractivity contribution >= 4 is 12.1 Å². The molecule has 3 aliphatic heterocycles. The average molecular weight is 457 g/mol. The molecule has 1 saturated carbocycles. The Morgan fingerprint density at radius 3 is 2.71 bits per heavy atom. The molecule has 2 aromatic rings. The zero-order valence-corrected chi connectivity index (χ0v) is 19.2. The van der Waals surface area contributed by atoms with Crippen LogP contribution in [0, 0.1) is 5.92 Å². The number of allylic oxidation sites excluding steroid dienone is 2. The van der Waals surface area contributed by atoms with Crippen LogP contribution in [0.4, 0.5) is 0 Å². The average Bonchev–Trinajstić information content (AvgIpc) is 3.12. The maximum atomic E-state index is 11.0. The summed E-state index contributed by atoms with van der Waals surface area (Å²) < 4.78 is 6.04. The van der Waals surface area contributed by atoms with Gasteiger partial charge in [0.15, 0.2) is 0 Å². The van der Waals surface area contributed by atoms with Crippen molar-refractivity contribution in [2.24, 2.45) is 21.7 Å². The summed E-state index contributed by atoms with van der Waals surface area (Å²) in [5.41, 5.74) is 3.22. The Morgan fingerprint density at radius 2 is 1.94 bits per heavy atom. The number of benzene rings is 2. The molecule has 1 aliphatic carbocycles. The van der Waals surface area contributed by atoms with Crippen LogP contribution in [-0.2, 0) is 6.61 Å². The molecule has 0 bridgehead atoms. The third-order valence-electron chi connectivity index (χ3n) is 7.27. The lowest BCUT2D eigenvalue weighted by molar-refractivity contribution is -0.750. The molecule has 6 rings (SSSR count). The number of amidine groups is 1. The molecular weight excluding hydrogens is 426 g/mol. The molecule has 3 heterocycles. The minimum atomic E-state index is -0.631. The lowest BCUT2D eigenvalue weighted by Crippen LogP contribution is -2.56. The van der Waals surface area contributed by atoms with Gasteiger partial charge in [-0.15, -0.1) is 4.59 Å². The molecule has 0 radical (unpaired) electrons. The number of β-amino-alcohol motifs (C(OH)–C–C–N with tert-alkyl or cyclic N) is 1. The zero-order valence-electron chi connectivity index (χ0n) is 19.2. The first-order valence-corrected chi connectivity index (χ1v) is 12.0. The van der Waals surface area contributed by atoms with Crippen LogP contribution in [-0.4, -0.2) is 51.9 Å². The molecule has 1 saturated heterocycles. The van der Waals surface area contributed by atoms with Crippen molar-refractivity contribution in [2.45, 2.75) is 31.5 Å². The predicted molar refractivity (Wildman–Crippen MR) is 132 cm³/mol.